The molecule has 41 heavy (non-hydrogen) atoms. The van der Waals surface area contributed by atoms with E-state index in [1.54, 1.807) is 19.4 Å². The molecule has 1 fully saturated rings. The second-order valence-electron chi connectivity index (χ2n) is 10.4. The quantitative estimate of drug-likeness (QED) is 0.317. The number of carbonyl (C=O) groups is 1. The van der Waals surface area contributed by atoms with E-state index >= 15 is 0 Å². The fraction of sp³-hybridized carbons (Fsp3) is 0.556. The summed E-state index contributed by atoms with van der Waals surface area (Å²) in [5, 5.41) is 12.0. The average molecular weight is 595 g/mol. The fourth-order valence-corrected chi connectivity index (χ4v) is 5.50. The smallest absolute Gasteiger partial charge is 0.416 e. The van der Waals surface area contributed by atoms with Crippen LogP contribution in [0.25, 0.3) is 11.4 Å². The molecule has 1 saturated heterocycles. The van der Waals surface area contributed by atoms with Crippen LogP contribution in [0.4, 0.5) is 23.9 Å². The number of benzene rings is 1. The summed E-state index contributed by atoms with van der Waals surface area (Å²) in [7, 11) is 1.64. The Labute approximate surface area is 241 Å². The van der Waals surface area contributed by atoms with Gasteiger partial charge in [0.25, 0.3) is 0 Å². The van der Waals surface area contributed by atoms with Crippen LogP contribution in [-0.2, 0) is 24.5 Å². The summed E-state index contributed by atoms with van der Waals surface area (Å²) in [5.74, 6) is 0.684. The second-order valence-corrected chi connectivity index (χ2v) is 10.9. The summed E-state index contributed by atoms with van der Waals surface area (Å²) >= 11 is 6.12. The number of carbonyl (C=O) groups excluding carboxylic acids is 1. The maximum absolute atomic E-state index is 13.6. The molecule has 2 aromatic heterocycles. The number of piperidine rings is 1. The maximum atomic E-state index is 13.6. The first-order chi connectivity index (χ1) is 19.4. The molecule has 14 heteroatoms. The van der Waals surface area contributed by atoms with Crippen molar-refractivity contribution in [2.45, 2.75) is 90.3 Å². The highest BCUT2D eigenvalue weighted by molar-refractivity contribution is 6.30. The molecule has 0 bridgehead atoms. The van der Waals surface area contributed by atoms with Gasteiger partial charge in [0.05, 0.1) is 24.3 Å². The number of hydrogen-bond acceptors (Lipinski definition) is 8. The highest BCUT2D eigenvalue weighted by Crippen LogP contribution is 2.36. The third-order valence-electron chi connectivity index (χ3n) is 7.11. The summed E-state index contributed by atoms with van der Waals surface area (Å²) in [6, 6.07) is 3.07. The predicted molar refractivity (Wildman–Crippen MR) is 147 cm³/mol. The number of tetrazole rings is 1. The summed E-state index contributed by atoms with van der Waals surface area (Å²) in [6.07, 6.45) is 0.453. The van der Waals surface area contributed by atoms with Crippen LogP contribution >= 0.6 is 11.6 Å². The van der Waals surface area contributed by atoms with Gasteiger partial charge in [-0.25, -0.2) is 14.8 Å². The number of nitrogens with zero attached hydrogens (tertiary/aromatic N) is 8. The molecule has 3 heterocycles. The molecule has 1 aliphatic heterocycles. The van der Waals surface area contributed by atoms with E-state index in [1.165, 1.54) is 10.9 Å². The molecule has 10 nitrogen and oxygen atoms in total. The molecular weight excluding hydrogens is 561 g/mol. The minimum Gasteiger partial charge on any atom is -0.447 e. The molecule has 3 aromatic rings. The van der Waals surface area contributed by atoms with Crippen molar-refractivity contribution < 1.29 is 22.7 Å². The first-order valence-corrected chi connectivity index (χ1v) is 14.0. The Morgan fingerprint density at radius 3 is 2.27 bits per heavy atom. The van der Waals surface area contributed by atoms with Crippen LogP contribution < -0.4 is 4.90 Å². The molecule has 1 aromatic carbocycles. The number of halogens is 4. The molecule has 1 unspecified atom stereocenters. The zero-order valence-corrected chi connectivity index (χ0v) is 24.4. The number of likely N-dealkylation sites (tertiary alicyclic amines) is 1. The van der Waals surface area contributed by atoms with Gasteiger partial charge in [-0.2, -0.15) is 18.0 Å². The van der Waals surface area contributed by atoms with E-state index in [4.69, 9.17) is 16.3 Å². The molecule has 1 amide bonds. The summed E-state index contributed by atoms with van der Waals surface area (Å²) < 4.78 is 46.4. The lowest BCUT2D eigenvalue weighted by molar-refractivity contribution is -0.137. The zero-order valence-electron chi connectivity index (χ0n) is 23.6. The second kappa shape index (κ2) is 12.6. The molecule has 0 aliphatic carbocycles. The van der Waals surface area contributed by atoms with E-state index in [9.17, 15) is 18.0 Å². The number of anilines is 1. The van der Waals surface area contributed by atoms with Gasteiger partial charge >= 0.3 is 12.3 Å². The summed E-state index contributed by atoms with van der Waals surface area (Å²) in [6.45, 7) is 7.72. The van der Waals surface area contributed by atoms with Crippen molar-refractivity contribution in [3.8, 4) is 11.4 Å². The van der Waals surface area contributed by atoms with Crippen LogP contribution in [-0.4, -0.2) is 65.4 Å². The third kappa shape index (κ3) is 7.24. The van der Waals surface area contributed by atoms with Crippen LogP contribution in [0.15, 0.2) is 30.6 Å². The van der Waals surface area contributed by atoms with E-state index in [1.807, 2.05) is 37.5 Å². The lowest BCUT2D eigenvalue weighted by Gasteiger charge is -2.47. The molecular formula is C27H34ClF3N8O2. The van der Waals surface area contributed by atoms with Crippen molar-refractivity contribution >= 4 is 23.6 Å². The van der Waals surface area contributed by atoms with Gasteiger partial charge in [0.1, 0.15) is 0 Å². The van der Waals surface area contributed by atoms with Gasteiger partial charge in [-0.15, -0.1) is 10.2 Å². The molecule has 0 saturated carbocycles. The number of aromatic nitrogens is 6. The topological polar surface area (TPSA) is 102 Å². The van der Waals surface area contributed by atoms with Gasteiger partial charge in [0.15, 0.2) is 0 Å². The fourth-order valence-electron chi connectivity index (χ4n) is 5.24. The van der Waals surface area contributed by atoms with Gasteiger partial charge in [0, 0.05) is 42.1 Å². The zero-order chi connectivity index (χ0) is 29.9. The third-order valence-corrected chi connectivity index (χ3v) is 7.32. The molecule has 3 atom stereocenters. The standard InChI is InChI=1S/C27H34ClF3N8O2/c1-6-21-11-23(12-22(7-2)39(21)26(40)41-16(3)4)38(15-17-8-19(27(29,30)31)10-20(28)9-17)25-32-13-18(14-33-25)24-34-36-37(5)35-24/h8-10,13-14,16,21-23H,6-7,11-12,15H2,1-5H3/t21-,22+,23?. The lowest BCUT2D eigenvalue weighted by Crippen LogP contribution is -2.57. The van der Waals surface area contributed by atoms with E-state index in [2.05, 4.69) is 25.4 Å². The van der Waals surface area contributed by atoms with Crippen LogP contribution in [0.5, 0.6) is 0 Å². The van der Waals surface area contributed by atoms with Gasteiger partial charge < -0.3 is 14.5 Å². The molecule has 1 aliphatic rings. The van der Waals surface area contributed by atoms with E-state index < -0.39 is 11.7 Å². The minimum atomic E-state index is -4.55. The van der Waals surface area contributed by atoms with Crippen molar-refractivity contribution in [3.05, 3.63) is 46.7 Å². The highest BCUT2D eigenvalue weighted by atomic mass is 35.5. The molecule has 0 spiro atoms. The number of alkyl halides is 3. The van der Waals surface area contributed by atoms with Gasteiger partial charge in [0.2, 0.25) is 11.8 Å². The van der Waals surface area contributed by atoms with Crippen molar-refractivity contribution in [3.63, 3.8) is 0 Å². The Kier molecular flexibility index (Phi) is 9.35. The predicted octanol–water partition coefficient (Wildman–Crippen LogP) is 5.91. The lowest BCUT2D eigenvalue weighted by atomic mass is 9.87. The monoisotopic (exact) mass is 594 g/mol. The van der Waals surface area contributed by atoms with Gasteiger partial charge in [-0.05, 0) is 68.5 Å². The number of hydrogen-bond donors (Lipinski definition) is 0. The first-order valence-electron chi connectivity index (χ1n) is 13.6. The molecule has 4 rings (SSSR count). The van der Waals surface area contributed by atoms with Crippen molar-refractivity contribution in [2.75, 3.05) is 4.90 Å². The van der Waals surface area contributed by atoms with Crippen LogP contribution in [0.1, 0.15) is 64.5 Å². The first kappa shape index (κ1) is 30.5. The van der Waals surface area contributed by atoms with E-state index in [-0.39, 0.29) is 41.9 Å². The molecule has 0 N–H and O–H groups in total. The summed E-state index contributed by atoms with van der Waals surface area (Å²) in [5.41, 5.74) is 0.0953. The Bertz CT molecular complexity index is 1320. The minimum absolute atomic E-state index is 0.0103. The van der Waals surface area contributed by atoms with Gasteiger partial charge in [-0.1, -0.05) is 25.4 Å². The number of ether oxygens (including phenoxy) is 1. The van der Waals surface area contributed by atoms with Crippen molar-refractivity contribution in [1.29, 1.82) is 0 Å². The highest BCUT2D eigenvalue weighted by Gasteiger charge is 2.41. The SMILES string of the molecule is CC[C@@H]1CC(N(Cc2cc(Cl)cc(C(F)(F)F)c2)c2ncc(-c3nnn(C)n3)cn2)C[C@H](CC)N1C(=O)OC(C)C. The van der Waals surface area contributed by atoms with Crippen LogP contribution in [0.2, 0.25) is 5.02 Å². The van der Waals surface area contributed by atoms with E-state index in [0.29, 0.717) is 48.6 Å². The number of rotatable bonds is 8. The summed E-state index contributed by atoms with van der Waals surface area (Å²) in [4.78, 5) is 27.2. The van der Waals surface area contributed by atoms with Crippen molar-refractivity contribution in [2.24, 2.45) is 7.05 Å². The van der Waals surface area contributed by atoms with E-state index in [0.717, 1.165) is 12.1 Å². The number of amides is 1. The average Bonchev–Trinajstić information content (AvgIpc) is 3.36. The Morgan fingerprint density at radius 2 is 1.76 bits per heavy atom. The largest absolute Gasteiger partial charge is 0.447 e. The normalized spacial score (nSPS) is 19.5. The Balaban J connectivity index is 1.71. The van der Waals surface area contributed by atoms with Gasteiger partial charge in [-0.3, -0.25) is 0 Å². The molecule has 222 valence electrons. The maximum Gasteiger partial charge on any atom is 0.416 e. The van der Waals surface area contributed by atoms with Crippen molar-refractivity contribution in [1.82, 2.24) is 35.1 Å². The Morgan fingerprint density at radius 1 is 1.12 bits per heavy atom. The Hall–Kier alpha value is -3.48. The van der Waals surface area contributed by atoms with Crippen LogP contribution in [0.3, 0.4) is 0 Å². The van der Waals surface area contributed by atoms with Crippen LogP contribution in [0, 0.1) is 0 Å². The molecule has 0 radical (unpaired) electrons. The number of aryl methyl sites for hydroxylation is 1.